The maximum Gasteiger partial charge on any atom is 0.416 e. The van der Waals surface area contributed by atoms with Crippen LogP contribution in [0.3, 0.4) is 0 Å². The average Bonchev–Trinajstić information content (AvgIpc) is 2.44. The maximum absolute atomic E-state index is 12.4. The fourth-order valence-electron chi connectivity index (χ4n) is 1.47. The molecule has 0 atom stereocenters. The Morgan fingerprint density at radius 2 is 1.87 bits per heavy atom. The van der Waals surface area contributed by atoms with Gasteiger partial charge in [-0.3, -0.25) is 0 Å². The lowest BCUT2D eigenvalue weighted by atomic mass is 10.1. The topological polar surface area (TPSA) is 39.2 Å². The van der Waals surface area contributed by atoms with Crippen molar-refractivity contribution in [1.82, 2.24) is 0 Å². The Bertz CT molecular complexity index is 513. The molecule has 2 N–H and O–H groups in total. The van der Waals surface area contributed by atoms with Crippen molar-refractivity contribution < 1.29 is 17.6 Å². The van der Waals surface area contributed by atoms with Gasteiger partial charge in [0.05, 0.1) is 11.3 Å². The summed E-state index contributed by atoms with van der Waals surface area (Å²) in [7, 11) is 0. The Morgan fingerprint density at radius 3 is 2.47 bits per heavy atom. The minimum atomic E-state index is -4.38. The van der Waals surface area contributed by atoms with Crippen LogP contribution in [0.2, 0.25) is 0 Å². The van der Waals surface area contributed by atoms with Crippen molar-refractivity contribution in [2.45, 2.75) is 13.1 Å². The van der Waals surface area contributed by atoms with Crippen molar-refractivity contribution >= 4 is 16.7 Å². The summed E-state index contributed by atoms with van der Waals surface area (Å²) in [5.41, 5.74) is 5.03. The number of anilines is 1. The number of hydrogen-bond acceptors (Lipinski definition) is 2. The van der Waals surface area contributed by atoms with Crippen LogP contribution in [0.25, 0.3) is 11.0 Å². The first kappa shape index (κ1) is 9.89. The van der Waals surface area contributed by atoms with E-state index in [1.54, 1.807) is 6.92 Å². The summed E-state index contributed by atoms with van der Waals surface area (Å²) in [4.78, 5) is 0. The Morgan fingerprint density at radius 1 is 1.20 bits per heavy atom. The highest BCUT2D eigenvalue weighted by Crippen LogP contribution is 2.35. The van der Waals surface area contributed by atoms with Gasteiger partial charge in [0.1, 0.15) is 5.76 Å². The second-order valence-corrected chi connectivity index (χ2v) is 3.34. The van der Waals surface area contributed by atoms with E-state index < -0.39 is 11.7 Å². The van der Waals surface area contributed by atoms with E-state index in [2.05, 4.69) is 0 Å². The summed E-state index contributed by atoms with van der Waals surface area (Å²) in [5.74, 6) is 0.538. The monoisotopic (exact) mass is 215 g/mol. The minimum Gasteiger partial charge on any atom is -0.459 e. The molecule has 0 bridgehead atoms. The van der Waals surface area contributed by atoms with Gasteiger partial charge in [-0.1, -0.05) is 0 Å². The number of nitrogens with two attached hydrogens (primary N) is 1. The summed E-state index contributed by atoms with van der Waals surface area (Å²) in [6.07, 6.45) is -4.38. The van der Waals surface area contributed by atoms with Gasteiger partial charge in [0.25, 0.3) is 0 Å². The number of aryl methyl sites for hydroxylation is 1. The molecular formula is C10H8F3NO. The highest BCUT2D eigenvalue weighted by Gasteiger charge is 2.31. The molecule has 5 heteroatoms. The molecule has 15 heavy (non-hydrogen) atoms. The van der Waals surface area contributed by atoms with Crippen molar-refractivity contribution in [3.8, 4) is 0 Å². The molecule has 0 radical (unpaired) electrons. The zero-order valence-electron chi connectivity index (χ0n) is 7.85. The van der Waals surface area contributed by atoms with E-state index in [-0.39, 0.29) is 5.69 Å². The average molecular weight is 215 g/mol. The Hall–Kier alpha value is -1.65. The van der Waals surface area contributed by atoms with E-state index in [1.165, 1.54) is 6.07 Å². The molecule has 80 valence electrons. The molecule has 0 spiro atoms. The quantitative estimate of drug-likeness (QED) is 0.684. The fourth-order valence-corrected chi connectivity index (χ4v) is 1.47. The molecule has 2 aromatic rings. The summed E-state index contributed by atoms with van der Waals surface area (Å²) in [6, 6.07) is 3.44. The van der Waals surface area contributed by atoms with Crippen LogP contribution in [0, 0.1) is 6.92 Å². The van der Waals surface area contributed by atoms with E-state index >= 15 is 0 Å². The maximum atomic E-state index is 12.4. The molecule has 0 aliphatic rings. The van der Waals surface area contributed by atoms with Gasteiger partial charge in [-0.25, -0.2) is 0 Å². The zero-order valence-corrected chi connectivity index (χ0v) is 7.85. The third kappa shape index (κ3) is 1.65. The predicted octanol–water partition coefficient (Wildman–Crippen LogP) is 3.34. The van der Waals surface area contributed by atoms with E-state index in [0.29, 0.717) is 16.7 Å². The molecule has 1 heterocycles. The number of nitrogen functional groups attached to an aromatic ring is 1. The molecule has 1 aromatic carbocycles. The smallest absolute Gasteiger partial charge is 0.416 e. The molecule has 0 aliphatic heterocycles. The molecule has 0 aliphatic carbocycles. The molecule has 0 unspecified atom stereocenters. The van der Waals surface area contributed by atoms with Crippen LogP contribution in [0.4, 0.5) is 18.9 Å². The summed E-state index contributed by atoms with van der Waals surface area (Å²) < 4.78 is 42.4. The molecule has 2 rings (SSSR count). The molecular weight excluding hydrogens is 207 g/mol. The van der Waals surface area contributed by atoms with Gasteiger partial charge in [-0.15, -0.1) is 0 Å². The van der Waals surface area contributed by atoms with Crippen molar-refractivity contribution in [1.29, 1.82) is 0 Å². The Labute approximate surface area is 83.5 Å². The number of alkyl halides is 3. The number of rotatable bonds is 0. The van der Waals surface area contributed by atoms with E-state index in [1.807, 2.05) is 0 Å². The van der Waals surface area contributed by atoms with Crippen LogP contribution in [0.15, 0.2) is 22.6 Å². The van der Waals surface area contributed by atoms with Crippen LogP contribution in [-0.4, -0.2) is 0 Å². The number of hydrogen-bond donors (Lipinski definition) is 1. The van der Waals surface area contributed by atoms with Crippen LogP contribution >= 0.6 is 0 Å². The number of fused-ring (bicyclic) bond motifs is 1. The minimum absolute atomic E-state index is 0.00734. The second kappa shape index (κ2) is 2.92. The summed E-state index contributed by atoms with van der Waals surface area (Å²) in [6.45, 7) is 1.66. The Kier molecular flexibility index (Phi) is 1.92. The van der Waals surface area contributed by atoms with Gasteiger partial charge < -0.3 is 10.2 Å². The molecule has 1 aromatic heterocycles. The predicted molar refractivity (Wildman–Crippen MR) is 50.4 cm³/mol. The first-order chi connectivity index (χ1) is 6.88. The summed E-state index contributed by atoms with van der Waals surface area (Å²) in [5, 5.41) is 0.375. The molecule has 0 amide bonds. The van der Waals surface area contributed by atoms with E-state index in [4.69, 9.17) is 10.2 Å². The second-order valence-electron chi connectivity index (χ2n) is 3.34. The van der Waals surface area contributed by atoms with Crippen molar-refractivity contribution in [3.05, 3.63) is 29.5 Å². The van der Waals surface area contributed by atoms with Crippen molar-refractivity contribution in [2.75, 3.05) is 5.73 Å². The lowest BCUT2D eigenvalue weighted by Gasteiger charge is -2.07. The van der Waals surface area contributed by atoms with Crippen molar-refractivity contribution in [2.24, 2.45) is 0 Å². The fraction of sp³-hybridized carbons (Fsp3) is 0.200. The Balaban J connectivity index is 2.72. The third-order valence-electron chi connectivity index (χ3n) is 2.10. The number of benzene rings is 1. The molecule has 0 fully saturated rings. The van der Waals surface area contributed by atoms with Gasteiger partial charge in [-0.2, -0.15) is 13.2 Å². The molecule has 0 saturated carbocycles. The van der Waals surface area contributed by atoms with Crippen LogP contribution < -0.4 is 5.73 Å². The van der Waals surface area contributed by atoms with E-state index in [9.17, 15) is 13.2 Å². The van der Waals surface area contributed by atoms with Gasteiger partial charge in [0.15, 0.2) is 5.58 Å². The summed E-state index contributed by atoms with van der Waals surface area (Å²) >= 11 is 0. The van der Waals surface area contributed by atoms with Crippen LogP contribution in [0.1, 0.15) is 11.3 Å². The normalized spacial score (nSPS) is 12.3. The van der Waals surface area contributed by atoms with Gasteiger partial charge in [-0.05, 0) is 25.1 Å². The largest absolute Gasteiger partial charge is 0.459 e. The highest BCUT2D eigenvalue weighted by molar-refractivity contribution is 5.89. The zero-order chi connectivity index (χ0) is 11.2. The van der Waals surface area contributed by atoms with Gasteiger partial charge in [0, 0.05) is 5.39 Å². The van der Waals surface area contributed by atoms with Crippen LogP contribution in [0.5, 0.6) is 0 Å². The molecule has 2 nitrogen and oxygen atoms in total. The van der Waals surface area contributed by atoms with Crippen LogP contribution in [-0.2, 0) is 6.18 Å². The first-order valence-electron chi connectivity index (χ1n) is 4.25. The lowest BCUT2D eigenvalue weighted by Crippen LogP contribution is -2.05. The number of furan rings is 1. The van der Waals surface area contributed by atoms with E-state index in [0.717, 1.165) is 12.1 Å². The van der Waals surface area contributed by atoms with Gasteiger partial charge >= 0.3 is 6.18 Å². The highest BCUT2D eigenvalue weighted by atomic mass is 19.4. The SMILES string of the molecule is Cc1cc2cc(C(F)(F)F)cc(N)c2o1. The third-order valence-corrected chi connectivity index (χ3v) is 2.10. The van der Waals surface area contributed by atoms with Crippen molar-refractivity contribution in [3.63, 3.8) is 0 Å². The van der Waals surface area contributed by atoms with Gasteiger partial charge in [0.2, 0.25) is 0 Å². The lowest BCUT2D eigenvalue weighted by molar-refractivity contribution is -0.137. The first-order valence-corrected chi connectivity index (χ1v) is 4.25. The number of halogens is 3. The molecule has 0 saturated heterocycles. The standard InChI is InChI=1S/C10H8F3NO/c1-5-2-6-3-7(10(11,12)13)4-8(14)9(6)15-5/h2-4H,14H2,1H3.